The fourth-order valence-corrected chi connectivity index (χ4v) is 2.61. The van der Waals surface area contributed by atoms with Gasteiger partial charge in [0, 0.05) is 23.5 Å². The van der Waals surface area contributed by atoms with Crippen LogP contribution in [0.3, 0.4) is 0 Å². The normalized spacial score (nSPS) is 11.9. The van der Waals surface area contributed by atoms with Gasteiger partial charge < -0.3 is 10.2 Å². The van der Waals surface area contributed by atoms with Crippen molar-refractivity contribution in [3.05, 3.63) is 59.7 Å². The first-order valence-corrected chi connectivity index (χ1v) is 8.64. The monoisotopic (exact) mass is 323 g/mol. The molecule has 1 N–H and O–H groups in total. The number of aryl methyl sites for hydroxylation is 2. The van der Waals surface area contributed by atoms with Crippen molar-refractivity contribution in [2.45, 2.75) is 53.6 Å². The smallest absolute Gasteiger partial charge is 0.203 e. The van der Waals surface area contributed by atoms with Crippen LogP contribution in [0.5, 0.6) is 0 Å². The fourth-order valence-electron chi connectivity index (χ4n) is 2.61. The van der Waals surface area contributed by atoms with Gasteiger partial charge >= 0.3 is 0 Å². The molecular weight excluding hydrogens is 294 g/mol. The molecular formula is C21H29N3. The largest absolute Gasteiger partial charge is 0.326 e. The van der Waals surface area contributed by atoms with Crippen LogP contribution in [0.15, 0.2) is 53.5 Å². The van der Waals surface area contributed by atoms with Crippen LogP contribution in [0.2, 0.25) is 0 Å². The average Bonchev–Trinajstić information content (AvgIpc) is 2.49. The Morgan fingerprint density at radius 1 is 0.917 bits per heavy atom. The van der Waals surface area contributed by atoms with Crippen LogP contribution >= 0.6 is 0 Å². The van der Waals surface area contributed by atoms with Gasteiger partial charge in [0.2, 0.25) is 5.96 Å². The zero-order valence-corrected chi connectivity index (χ0v) is 15.7. The molecule has 0 amide bonds. The van der Waals surface area contributed by atoms with Crippen molar-refractivity contribution in [1.82, 2.24) is 0 Å². The van der Waals surface area contributed by atoms with Crippen molar-refractivity contribution in [3.63, 3.8) is 0 Å². The summed E-state index contributed by atoms with van der Waals surface area (Å²) in [5.41, 5.74) is 4.71. The van der Waals surface area contributed by atoms with E-state index in [1.165, 1.54) is 11.1 Å². The van der Waals surface area contributed by atoms with Gasteiger partial charge in [0.05, 0.1) is 0 Å². The summed E-state index contributed by atoms with van der Waals surface area (Å²) in [6, 6.07) is 17.5. The van der Waals surface area contributed by atoms with Gasteiger partial charge in [0.15, 0.2) is 0 Å². The van der Waals surface area contributed by atoms with Crippen molar-refractivity contribution in [1.29, 1.82) is 0 Å². The van der Waals surface area contributed by atoms with Crippen LogP contribution < -0.4 is 10.2 Å². The van der Waals surface area contributed by atoms with Gasteiger partial charge in [-0.15, -0.1) is 0 Å². The van der Waals surface area contributed by atoms with E-state index >= 15 is 0 Å². The molecule has 0 unspecified atom stereocenters. The Morgan fingerprint density at radius 2 is 1.58 bits per heavy atom. The van der Waals surface area contributed by atoms with Gasteiger partial charge in [-0.3, -0.25) is 0 Å². The van der Waals surface area contributed by atoms with E-state index in [-0.39, 0.29) is 6.04 Å². The molecule has 0 bridgehead atoms. The van der Waals surface area contributed by atoms with Crippen LogP contribution in [-0.4, -0.2) is 18.0 Å². The maximum absolute atomic E-state index is 4.85. The Morgan fingerprint density at radius 3 is 2.12 bits per heavy atom. The number of aliphatic imine (C=N–C) groups is 1. The summed E-state index contributed by atoms with van der Waals surface area (Å²) in [6.07, 6.45) is 0. The second kappa shape index (κ2) is 8.00. The van der Waals surface area contributed by atoms with Crippen molar-refractivity contribution in [3.8, 4) is 0 Å². The molecule has 0 radical (unpaired) electrons. The summed E-state index contributed by atoms with van der Waals surface area (Å²) < 4.78 is 0. The van der Waals surface area contributed by atoms with Gasteiger partial charge in [0.25, 0.3) is 0 Å². The molecule has 0 aliphatic carbocycles. The SMILES string of the molecule is Cc1ccc(NC(=NC(C)C)N(c2cccc(C)c2)C(C)C)cc1. The number of nitrogens with zero attached hydrogens (tertiary/aromatic N) is 2. The topological polar surface area (TPSA) is 27.6 Å². The molecule has 0 aliphatic heterocycles. The molecule has 3 nitrogen and oxygen atoms in total. The molecule has 0 saturated carbocycles. The third-order valence-corrected chi connectivity index (χ3v) is 3.71. The van der Waals surface area contributed by atoms with Gasteiger partial charge in [-0.25, -0.2) is 4.99 Å². The Bertz CT molecular complexity index is 684. The zero-order chi connectivity index (χ0) is 17.7. The van der Waals surface area contributed by atoms with E-state index in [4.69, 9.17) is 4.99 Å². The Hall–Kier alpha value is -2.29. The van der Waals surface area contributed by atoms with E-state index in [0.29, 0.717) is 6.04 Å². The first kappa shape index (κ1) is 18.1. The van der Waals surface area contributed by atoms with Crippen molar-refractivity contribution in [2.75, 3.05) is 10.2 Å². The van der Waals surface area contributed by atoms with Gasteiger partial charge in [-0.1, -0.05) is 29.8 Å². The summed E-state index contributed by atoms with van der Waals surface area (Å²) in [5, 5.41) is 3.51. The number of hydrogen-bond acceptors (Lipinski definition) is 1. The average molecular weight is 323 g/mol. The minimum atomic E-state index is 0.212. The molecule has 2 aromatic rings. The minimum absolute atomic E-state index is 0.212. The maximum Gasteiger partial charge on any atom is 0.203 e. The lowest BCUT2D eigenvalue weighted by Gasteiger charge is -2.31. The third kappa shape index (κ3) is 4.85. The predicted molar refractivity (Wildman–Crippen MR) is 106 cm³/mol. The van der Waals surface area contributed by atoms with Crippen molar-refractivity contribution >= 4 is 17.3 Å². The van der Waals surface area contributed by atoms with E-state index < -0.39 is 0 Å². The maximum atomic E-state index is 4.85. The summed E-state index contributed by atoms with van der Waals surface area (Å²) in [4.78, 5) is 7.11. The standard InChI is InChI=1S/C21H29N3/c1-15(2)22-21(23-19-12-10-17(5)11-13-19)24(16(3)4)20-9-7-8-18(6)14-20/h7-16H,1-6H3,(H,22,23). The highest BCUT2D eigenvalue weighted by molar-refractivity contribution is 6.05. The quantitative estimate of drug-likeness (QED) is 0.603. The number of benzene rings is 2. The van der Waals surface area contributed by atoms with E-state index in [2.05, 4.69) is 100 Å². The molecule has 0 aromatic heterocycles. The first-order chi connectivity index (χ1) is 11.4. The molecule has 0 aliphatic rings. The van der Waals surface area contributed by atoms with E-state index in [1.54, 1.807) is 0 Å². The Balaban J connectivity index is 2.41. The third-order valence-electron chi connectivity index (χ3n) is 3.71. The number of guanidine groups is 1. The lowest BCUT2D eigenvalue weighted by molar-refractivity contribution is 0.778. The van der Waals surface area contributed by atoms with Crippen LogP contribution in [0.25, 0.3) is 0 Å². The molecule has 128 valence electrons. The van der Waals surface area contributed by atoms with Gasteiger partial charge in [0.1, 0.15) is 0 Å². The molecule has 24 heavy (non-hydrogen) atoms. The highest BCUT2D eigenvalue weighted by atomic mass is 15.3. The molecule has 3 heteroatoms. The van der Waals surface area contributed by atoms with Crippen molar-refractivity contribution < 1.29 is 0 Å². The second-order valence-electron chi connectivity index (χ2n) is 6.84. The van der Waals surface area contributed by atoms with E-state index in [0.717, 1.165) is 17.3 Å². The van der Waals surface area contributed by atoms with Crippen LogP contribution in [0, 0.1) is 13.8 Å². The number of nitrogens with one attached hydrogen (secondary N) is 1. The summed E-state index contributed by atoms with van der Waals surface area (Å²) in [5.74, 6) is 0.884. The molecule has 0 saturated heterocycles. The lowest BCUT2D eigenvalue weighted by atomic mass is 10.2. The van der Waals surface area contributed by atoms with E-state index in [9.17, 15) is 0 Å². The van der Waals surface area contributed by atoms with E-state index in [1.807, 2.05) is 0 Å². The molecule has 2 rings (SSSR count). The Kier molecular flexibility index (Phi) is 6.02. The van der Waals surface area contributed by atoms with Gasteiger partial charge in [-0.2, -0.15) is 0 Å². The molecule has 2 aromatic carbocycles. The zero-order valence-electron chi connectivity index (χ0n) is 15.7. The second-order valence-corrected chi connectivity index (χ2v) is 6.84. The molecule has 0 spiro atoms. The van der Waals surface area contributed by atoms with Crippen LogP contribution in [-0.2, 0) is 0 Å². The highest BCUT2D eigenvalue weighted by Gasteiger charge is 2.18. The highest BCUT2D eigenvalue weighted by Crippen LogP contribution is 2.21. The Labute approximate surface area is 146 Å². The molecule has 0 atom stereocenters. The van der Waals surface area contributed by atoms with Gasteiger partial charge in [-0.05, 0) is 71.4 Å². The number of hydrogen-bond donors (Lipinski definition) is 1. The number of anilines is 2. The van der Waals surface area contributed by atoms with Crippen molar-refractivity contribution in [2.24, 2.45) is 4.99 Å². The fraction of sp³-hybridized carbons (Fsp3) is 0.381. The lowest BCUT2D eigenvalue weighted by Crippen LogP contribution is -2.42. The first-order valence-electron chi connectivity index (χ1n) is 8.64. The number of rotatable bonds is 4. The predicted octanol–water partition coefficient (Wildman–Crippen LogP) is 5.39. The summed E-state index contributed by atoms with van der Waals surface area (Å²) >= 11 is 0. The molecule has 0 heterocycles. The molecule has 0 fully saturated rings. The van der Waals surface area contributed by atoms with Crippen LogP contribution in [0.1, 0.15) is 38.8 Å². The summed E-state index contributed by atoms with van der Waals surface area (Å²) in [6.45, 7) is 12.8. The minimum Gasteiger partial charge on any atom is -0.326 e. The van der Waals surface area contributed by atoms with Crippen LogP contribution in [0.4, 0.5) is 11.4 Å². The summed E-state index contributed by atoms with van der Waals surface area (Å²) in [7, 11) is 0.